The Kier molecular flexibility index (Phi) is 5.75. The molecule has 0 radical (unpaired) electrons. The van der Waals surface area contributed by atoms with E-state index in [0.717, 1.165) is 31.6 Å². The summed E-state index contributed by atoms with van der Waals surface area (Å²) < 4.78 is 0. The number of hydrogen-bond donors (Lipinski definition) is 0. The monoisotopic (exact) mass is 292 g/mol. The summed E-state index contributed by atoms with van der Waals surface area (Å²) in [7, 11) is 0. The minimum absolute atomic E-state index is 0.746. The summed E-state index contributed by atoms with van der Waals surface area (Å²) in [4.78, 5) is 2.46. The van der Waals surface area contributed by atoms with Gasteiger partial charge in [-0.3, -0.25) is 4.90 Å². The van der Waals surface area contributed by atoms with E-state index in [1.54, 1.807) is 0 Å². The lowest BCUT2D eigenvalue weighted by molar-refractivity contribution is 0.245. The molecule has 2 aromatic rings. The third-order valence-electron chi connectivity index (χ3n) is 4.04. The highest BCUT2D eigenvalue weighted by Crippen LogP contribution is 2.23. The number of rotatable bonds is 2. The predicted octanol–water partition coefficient (Wildman–Crippen LogP) is 4.45. The van der Waals surface area contributed by atoms with E-state index >= 15 is 0 Å². The fourth-order valence-corrected chi connectivity index (χ4v) is 2.99. The molecule has 0 aromatic heterocycles. The van der Waals surface area contributed by atoms with Crippen LogP contribution in [0.1, 0.15) is 41.7 Å². The predicted molar refractivity (Wildman–Crippen MR) is 91.5 cm³/mol. The molecule has 2 aromatic carbocycles. The molecular formula is C20H24N2. The molecule has 0 amide bonds. The molecule has 0 fully saturated rings. The largest absolute Gasteiger partial charge is 0.294 e. The summed E-state index contributed by atoms with van der Waals surface area (Å²) in [5, 5.41) is 8.96. The third kappa shape index (κ3) is 3.75. The summed E-state index contributed by atoms with van der Waals surface area (Å²) in [6.45, 7) is 9.22. The first-order valence-corrected chi connectivity index (χ1v) is 8.05. The molecule has 0 atom stereocenters. The van der Waals surface area contributed by atoms with Crippen LogP contribution in [0.15, 0.2) is 42.5 Å². The van der Waals surface area contributed by atoms with E-state index < -0.39 is 0 Å². The topological polar surface area (TPSA) is 27.0 Å². The van der Waals surface area contributed by atoms with Crippen molar-refractivity contribution in [3.05, 3.63) is 70.3 Å². The van der Waals surface area contributed by atoms with E-state index in [1.807, 2.05) is 32.0 Å². The maximum atomic E-state index is 8.96. The van der Waals surface area contributed by atoms with Gasteiger partial charge in [0.15, 0.2) is 0 Å². The fourth-order valence-electron chi connectivity index (χ4n) is 2.99. The van der Waals surface area contributed by atoms with E-state index in [4.69, 9.17) is 5.26 Å². The SMILES string of the molecule is CC.Cc1cccc2c1CCN(Cc1cccc(C#N)c1)C2. The lowest BCUT2D eigenvalue weighted by Gasteiger charge is -2.29. The average molecular weight is 292 g/mol. The second kappa shape index (κ2) is 7.77. The zero-order valence-electron chi connectivity index (χ0n) is 13.8. The van der Waals surface area contributed by atoms with Crippen LogP contribution in [0.3, 0.4) is 0 Å². The van der Waals surface area contributed by atoms with Gasteiger partial charge in [-0.05, 0) is 47.7 Å². The van der Waals surface area contributed by atoms with Crippen molar-refractivity contribution in [2.75, 3.05) is 6.54 Å². The third-order valence-corrected chi connectivity index (χ3v) is 4.04. The summed E-state index contributed by atoms with van der Waals surface area (Å²) in [5.41, 5.74) is 6.35. The van der Waals surface area contributed by atoms with Gasteiger partial charge in [0, 0.05) is 19.6 Å². The Bertz CT molecular complexity index is 668. The Balaban J connectivity index is 0.000000847. The molecule has 2 heteroatoms. The van der Waals surface area contributed by atoms with Crippen LogP contribution in [0.4, 0.5) is 0 Å². The Hall–Kier alpha value is -2.11. The van der Waals surface area contributed by atoms with Crippen molar-refractivity contribution in [3.63, 3.8) is 0 Å². The number of aryl methyl sites for hydroxylation is 1. The molecular weight excluding hydrogens is 268 g/mol. The molecule has 0 unspecified atom stereocenters. The van der Waals surface area contributed by atoms with E-state index in [0.29, 0.717) is 0 Å². The quantitative estimate of drug-likeness (QED) is 0.817. The molecule has 0 saturated carbocycles. The highest BCUT2D eigenvalue weighted by molar-refractivity contribution is 5.37. The van der Waals surface area contributed by atoms with Crippen molar-refractivity contribution < 1.29 is 0 Å². The number of hydrogen-bond acceptors (Lipinski definition) is 2. The lowest BCUT2D eigenvalue weighted by Crippen LogP contribution is -2.30. The zero-order valence-corrected chi connectivity index (χ0v) is 13.8. The number of nitrogens with zero attached hydrogens (tertiary/aromatic N) is 2. The van der Waals surface area contributed by atoms with Gasteiger partial charge in [0.25, 0.3) is 0 Å². The Morgan fingerprint density at radius 1 is 1.14 bits per heavy atom. The minimum Gasteiger partial charge on any atom is -0.294 e. The van der Waals surface area contributed by atoms with Crippen LogP contribution in [0.5, 0.6) is 0 Å². The molecule has 1 aliphatic heterocycles. The number of nitriles is 1. The van der Waals surface area contributed by atoms with Crippen molar-refractivity contribution >= 4 is 0 Å². The second-order valence-electron chi connectivity index (χ2n) is 5.49. The van der Waals surface area contributed by atoms with Gasteiger partial charge < -0.3 is 0 Å². The van der Waals surface area contributed by atoms with Crippen LogP contribution in [0.2, 0.25) is 0 Å². The summed E-state index contributed by atoms with van der Waals surface area (Å²) >= 11 is 0. The zero-order chi connectivity index (χ0) is 15.9. The molecule has 22 heavy (non-hydrogen) atoms. The van der Waals surface area contributed by atoms with Crippen molar-refractivity contribution in [3.8, 4) is 6.07 Å². The van der Waals surface area contributed by atoms with Crippen molar-refractivity contribution in [2.45, 2.75) is 40.3 Å². The molecule has 0 N–H and O–H groups in total. The van der Waals surface area contributed by atoms with Crippen LogP contribution in [0, 0.1) is 18.3 Å². The van der Waals surface area contributed by atoms with E-state index in [9.17, 15) is 0 Å². The minimum atomic E-state index is 0.746. The first-order valence-electron chi connectivity index (χ1n) is 8.05. The molecule has 114 valence electrons. The maximum Gasteiger partial charge on any atom is 0.0991 e. The van der Waals surface area contributed by atoms with Crippen LogP contribution in [0.25, 0.3) is 0 Å². The Morgan fingerprint density at radius 3 is 2.68 bits per heavy atom. The smallest absolute Gasteiger partial charge is 0.0991 e. The molecule has 0 bridgehead atoms. The maximum absolute atomic E-state index is 8.96. The Labute approximate surface area is 134 Å². The van der Waals surface area contributed by atoms with E-state index in [2.05, 4.69) is 42.2 Å². The van der Waals surface area contributed by atoms with Crippen LogP contribution in [-0.2, 0) is 19.5 Å². The van der Waals surface area contributed by atoms with Gasteiger partial charge in [-0.15, -0.1) is 0 Å². The van der Waals surface area contributed by atoms with Gasteiger partial charge in [-0.25, -0.2) is 0 Å². The number of benzene rings is 2. The van der Waals surface area contributed by atoms with Crippen molar-refractivity contribution in [2.24, 2.45) is 0 Å². The molecule has 1 aliphatic rings. The Morgan fingerprint density at radius 2 is 1.91 bits per heavy atom. The van der Waals surface area contributed by atoms with Gasteiger partial charge in [-0.2, -0.15) is 5.26 Å². The summed E-state index contributed by atoms with van der Waals surface area (Å²) in [5.74, 6) is 0. The standard InChI is InChI=1S/C18H18N2.C2H6/c1-14-4-2-7-17-13-20(9-8-18(14)17)12-16-6-3-5-15(10-16)11-19;1-2/h2-7,10H,8-9,12-13H2,1H3;1-2H3. The van der Waals surface area contributed by atoms with Gasteiger partial charge >= 0.3 is 0 Å². The van der Waals surface area contributed by atoms with Crippen LogP contribution in [-0.4, -0.2) is 11.4 Å². The molecule has 0 spiro atoms. The van der Waals surface area contributed by atoms with Crippen molar-refractivity contribution in [1.82, 2.24) is 4.90 Å². The highest BCUT2D eigenvalue weighted by atomic mass is 15.1. The van der Waals surface area contributed by atoms with Crippen LogP contribution < -0.4 is 0 Å². The average Bonchev–Trinajstić information content (AvgIpc) is 2.57. The molecule has 1 heterocycles. The summed E-state index contributed by atoms with van der Waals surface area (Å²) in [6, 6.07) is 16.7. The fraction of sp³-hybridized carbons (Fsp3) is 0.350. The van der Waals surface area contributed by atoms with Gasteiger partial charge in [0.1, 0.15) is 0 Å². The second-order valence-corrected chi connectivity index (χ2v) is 5.49. The molecule has 3 rings (SSSR count). The van der Waals surface area contributed by atoms with Crippen LogP contribution >= 0.6 is 0 Å². The molecule has 0 saturated heterocycles. The lowest BCUT2D eigenvalue weighted by atomic mass is 9.95. The van der Waals surface area contributed by atoms with Crippen molar-refractivity contribution in [1.29, 1.82) is 5.26 Å². The first-order chi connectivity index (χ1) is 10.8. The van der Waals surface area contributed by atoms with Gasteiger partial charge in [0.05, 0.1) is 11.6 Å². The van der Waals surface area contributed by atoms with E-state index in [-0.39, 0.29) is 0 Å². The number of fused-ring (bicyclic) bond motifs is 1. The summed E-state index contributed by atoms with van der Waals surface area (Å²) in [6.07, 6.45) is 1.12. The van der Waals surface area contributed by atoms with Gasteiger partial charge in [-0.1, -0.05) is 44.2 Å². The normalized spacial score (nSPS) is 13.5. The molecule has 2 nitrogen and oxygen atoms in total. The molecule has 0 aliphatic carbocycles. The first kappa shape index (κ1) is 16.3. The highest BCUT2D eigenvalue weighted by Gasteiger charge is 2.17. The van der Waals surface area contributed by atoms with Gasteiger partial charge in [0.2, 0.25) is 0 Å². The van der Waals surface area contributed by atoms with E-state index in [1.165, 1.54) is 22.3 Å².